The van der Waals surface area contributed by atoms with Gasteiger partial charge < -0.3 is 5.32 Å². The number of hydrogen-bond acceptors (Lipinski definition) is 3. The fraction of sp³-hybridized carbons (Fsp3) is 0.182. The molecule has 0 aromatic carbocycles. The van der Waals surface area contributed by atoms with Crippen LogP contribution in [0.5, 0.6) is 0 Å². The number of pyridine rings is 1. The van der Waals surface area contributed by atoms with Crippen LogP contribution in [-0.4, -0.2) is 10.9 Å². The number of fused-ring (bicyclic) bond motifs is 1. The van der Waals surface area contributed by atoms with E-state index >= 15 is 0 Å². The number of hydrogen-bond donors (Lipinski definition) is 1. The Hall–Kier alpha value is -1.86. The maximum atomic E-state index is 10.7. The zero-order chi connectivity index (χ0) is 9.97. The molecule has 3 nitrogen and oxygen atoms in total. The van der Waals surface area contributed by atoms with Gasteiger partial charge in [0.25, 0.3) is 0 Å². The lowest BCUT2D eigenvalue weighted by Crippen LogP contribution is -2.09. The first-order chi connectivity index (χ1) is 6.85. The molecule has 14 heavy (non-hydrogen) atoms. The zero-order valence-corrected chi connectivity index (χ0v) is 7.87. The average molecular weight is 186 g/mol. The van der Waals surface area contributed by atoms with Gasteiger partial charge in [-0.25, -0.2) is 4.79 Å². The van der Waals surface area contributed by atoms with Gasteiger partial charge in [0.05, 0.1) is 11.4 Å². The molecule has 3 heteroatoms. The van der Waals surface area contributed by atoms with Gasteiger partial charge in [0, 0.05) is 6.20 Å². The predicted octanol–water partition coefficient (Wildman–Crippen LogP) is 2.02. The molecule has 2 heterocycles. The third-order valence-corrected chi connectivity index (χ3v) is 2.21. The van der Waals surface area contributed by atoms with E-state index in [1.54, 1.807) is 6.20 Å². The van der Waals surface area contributed by atoms with Crippen LogP contribution in [0.15, 0.2) is 29.6 Å². The normalized spacial score (nSPS) is 13.8. The molecule has 1 N–H and O–H groups in total. The van der Waals surface area contributed by atoms with Crippen molar-refractivity contribution in [3.8, 4) is 0 Å². The summed E-state index contributed by atoms with van der Waals surface area (Å²) in [4.78, 5) is 14.9. The van der Waals surface area contributed by atoms with Gasteiger partial charge in [-0.3, -0.25) is 4.98 Å². The molecule has 0 radical (unpaired) electrons. The van der Waals surface area contributed by atoms with Crippen LogP contribution >= 0.6 is 0 Å². The minimum absolute atomic E-state index is 0.521. The van der Waals surface area contributed by atoms with E-state index in [9.17, 15) is 4.79 Å². The Morgan fingerprint density at radius 1 is 1.57 bits per heavy atom. The lowest BCUT2D eigenvalue weighted by Gasteiger charge is -2.17. The summed E-state index contributed by atoms with van der Waals surface area (Å²) in [6, 6.07) is 3.72. The monoisotopic (exact) mass is 186 g/mol. The largest absolute Gasteiger partial charge is 0.344 e. The molecule has 0 fully saturated rings. The molecular formula is C11H10N2O. The minimum Gasteiger partial charge on any atom is -0.344 e. The summed E-state index contributed by atoms with van der Waals surface area (Å²) in [5, 5.41) is 3.01. The maximum Gasteiger partial charge on any atom is 0.150 e. The van der Waals surface area contributed by atoms with Gasteiger partial charge in [0.1, 0.15) is 5.70 Å². The highest BCUT2D eigenvalue weighted by Crippen LogP contribution is 2.27. The van der Waals surface area contributed by atoms with Gasteiger partial charge in [0.15, 0.2) is 5.94 Å². The topological polar surface area (TPSA) is 42.0 Å². The summed E-state index contributed by atoms with van der Waals surface area (Å²) < 4.78 is 0. The Morgan fingerprint density at radius 3 is 3.14 bits per heavy atom. The molecular weight excluding hydrogens is 176 g/mol. The standard InChI is InChI=1S/C11H10N2O/c1-2-8-6-10-9(4-3-5-12-10)13-11(8)7-14/h3-6,13H,2H2,1H3. The van der Waals surface area contributed by atoms with Crippen molar-refractivity contribution in [1.82, 2.24) is 4.98 Å². The number of rotatable bonds is 1. The summed E-state index contributed by atoms with van der Waals surface area (Å²) >= 11 is 0. The molecule has 1 aromatic rings. The molecule has 0 saturated heterocycles. The predicted molar refractivity (Wildman–Crippen MR) is 55.3 cm³/mol. The van der Waals surface area contributed by atoms with Gasteiger partial charge in [-0.15, -0.1) is 0 Å². The first-order valence-corrected chi connectivity index (χ1v) is 4.53. The van der Waals surface area contributed by atoms with E-state index in [-0.39, 0.29) is 0 Å². The second-order valence-corrected chi connectivity index (χ2v) is 3.06. The van der Waals surface area contributed by atoms with E-state index < -0.39 is 0 Å². The maximum absolute atomic E-state index is 10.7. The Labute approximate surface area is 82.2 Å². The Bertz CT molecular complexity index is 442. The molecule has 0 spiro atoms. The first kappa shape index (κ1) is 8.73. The molecule has 1 aliphatic rings. The van der Waals surface area contributed by atoms with Crippen molar-refractivity contribution in [2.24, 2.45) is 0 Å². The minimum atomic E-state index is 0.521. The number of nitrogens with zero attached hydrogens (tertiary/aromatic N) is 1. The van der Waals surface area contributed by atoms with Crippen LogP contribution in [0.1, 0.15) is 19.0 Å². The highest BCUT2D eigenvalue weighted by molar-refractivity contribution is 5.81. The van der Waals surface area contributed by atoms with Crippen LogP contribution in [0.3, 0.4) is 0 Å². The number of aromatic nitrogens is 1. The van der Waals surface area contributed by atoms with E-state index in [0.29, 0.717) is 5.70 Å². The molecule has 1 aliphatic heterocycles. The molecule has 70 valence electrons. The average Bonchev–Trinajstić information content (AvgIpc) is 2.27. The summed E-state index contributed by atoms with van der Waals surface area (Å²) in [6.07, 6.45) is 4.46. The quantitative estimate of drug-likeness (QED) is 0.682. The second-order valence-electron chi connectivity index (χ2n) is 3.06. The van der Waals surface area contributed by atoms with Crippen molar-refractivity contribution in [1.29, 1.82) is 0 Å². The Morgan fingerprint density at radius 2 is 2.43 bits per heavy atom. The zero-order valence-electron chi connectivity index (χ0n) is 7.87. The van der Waals surface area contributed by atoms with Gasteiger partial charge in [-0.05, 0) is 30.2 Å². The van der Waals surface area contributed by atoms with Crippen LogP contribution in [0.4, 0.5) is 5.69 Å². The number of anilines is 1. The van der Waals surface area contributed by atoms with Crippen LogP contribution in [-0.2, 0) is 4.79 Å². The third-order valence-electron chi connectivity index (χ3n) is 2.21. The first-order valence-electron chi connectivity index (χ1n) is 4.53. The van der Waals surface area contributed by atoms with Crippen LogP contribution < -0.4 is 5.32 Å². The summed E-state index contributed by atoms with van der Waals surface area (Å²) in [5.41, 5.74) is 3.21. The highest BCUT2D eigenvalue weighted by Gasteiger charge is 2.14. The lowest BCUT2D eigenvalue weighted by atomic mass is 10.0. The fourth-order valence-electron chi connectivity index (χ4n) is 1.46. The number of carbonyl (C=O) groups excluding carboxylic acids is 1. The third kappa shape index (κ3) is 1.34. The smallest absolute Gasteiger partial charge is 0.150 e. The SMILES string of the molecule is CCC1=Cc2ncccc2NC1=C=O. The summed E-state index contributed by atoms with van der Waals surface area (Å²) in [6.45, 7) is 2.00. The van der Waals surface area contributed by atoms with Crippen molar-refractivity contribution < 1.29 is 4.79 Å². The molecule has 2 rings (SSSR count). The summed E-state index contributed by atoms with van der Waals surface area (Å²) in [5.74, 6) is 1.91. The Balaban J connectivity index is 2.55. The van der Waals surface area contributed by atoms with Gasteiger partial charge in [-0.1, -0.05) is 6.92 Å². The molecule has 0 atom stereocenters. The Kier molecular flexibility index (Phi) is 2.17. The van der Waals surface area contributed by atoms with E-state index in [1.807, 2.05) is 31.1 Å². The van der Waals surface area contributed by atoms with Crippen LogP contribution in [0, 0.1) is 0 Å². The highest BCUT2D eigenvalue weighted by atomic mass is 16.1. The van der Waals surface area contributed by atoms with E-state index in [1.165, 1.54) is 0 Å². The van der Waals surface area contributed by atoms with Crippen molar-refractivity contribution in [2.75, 3.05) is 5.32 Å². The summed E-state index contributed by atoms with van der Waals surface area (Å²) in [7, 11) is 0. The van der Waals surface area contributed by atoms with E-state index in [2.05, 4.69) is 10.3 Å². The van der Waals surface area contributed by atoms with Crippen molar-refractivity contribution in [2.45, 2.75) is 13.3 Å². The molecule has 1 aromatic heterocycles. The van der Waals surface area contributed by atoms with E-state index in [0.717, 1.165) is 23.4 Å². The van der Waals surface area contributed by atoms with Crippen LogP contribution in [0.2, 0.25) is 0 Å². The fourth-order valence-corrected chi connectivity index (χ4v) is 1.46. The van der Waals surface area contributed by atoms with Crippen LogP contribution in [0.25, 0.3) is 6.08 Å². The molecule has 0 amide bonds. The van der Waals surface area contributed by atoms with Gasteiger partial charge in [0.2, 0.25) is 0 Å². The van der Waals surface area contributed by atoms with Crippen molar-refractivity contribution >= 4 is 17.7 Å². The van der Waals surface area contributed by atoms with Crippen molar-refractivity contribution in [3.63, 3.8) is 0 Å². The molecule has 0 saturated carbocycles. The van der Waals surface area contributed by atoms with Crippen molar-refractivity contribution in [3.05, 3.63) is 35.3 Å². The van der Waals surface area contributed by atoms with Gasteiger partial charge >= 0.3 is 0 Å². The molecule has 0 unspecified atom stereocenters. The molecule has 0 bridgehead atoms. The lowest BCUT2D eigenvalue weighted by molar-refractivity contribution is 0.567. The van der Waals surface area contributed by atoms with E-state index in [4.69, 9.17) is 0 Å². The number of nitrogens with one attached hydrogen (secondary N) is 1. The van der Waals surface area contributed by atoms with Gasteiger partial charge in [-0.2, -0.15) is 0 Å². The second kappa shape index (κ2) is 3.48. The molecule has 0 aliphatic carbocycles. The number of allylic oxidation sites excluding steroid dienone is 1.